The standard InChI is InChI=1S/C13H9Cl2N3Se/c14-9-3-1-4-10(15)8(9)7-16-11-5-2-6-12-13(11)18-19-17-12/h1-6,16H,7H2. The molecule has 6 heteroatoms. The van der Waals surface area contributed by atoms with Gasteiger partial charge in [-0.25, -0.2) is 0 Å². The fraction of sp³-hybridized carbons (Fsp3) is 0.0769. The van der Waals surface area contributed by atoms with Gasteiger partial charge in [-0.3, -0.25) is 0 Å². The summed E-state index contributed by atoms with van der Waals surface area (Å²) < 4.78 is 8.78. The maximum absolute atomic E-state index is 6.15. The van der Waals surface area contributed by atoms with Crippen LogP contribution in [0.4, 0.5) is 5.69 Å². The minimum absolute atomic E-state index is 0.0256. The Morgan fingerprint density at radius 3 is 2.53 bits per heavy atom. The fourth-order valence-corrected chi connectivity index (χ4v) is 3.52. The molecule has 1 N–H and O–H groups in total. The van der Waals surface area contributed by atoms with Crippen LogP contribution >= 0.6 is 23.2 Å². The predicted molar refractivity (Wildman–Crippen MR) is 80.3 cm³/mol. The van der Waals surface area contributed by atoms with Gasteiger partial charge in [0.05, 0.1) is 0 Å². The number of hydrogen-bond donors (Lipinski definition) is 1. The third-order valence-corrected chi connectivity index (χ3v) is 4.65. The van der Waals surface area contributed by atoms with Gasteiger partial charge in [0.15, 0.2) is 0 Å². The monoisotopic (exact) mass is 357 g/mol. The summed E-state index contributed by atoms with van der Waals surface area (Å²) in [4.78, 5) is 0. The van der Waals surface area contributed by atoms with E-state index in [0.717, 1.165) is 22.3 Å². The molecule has 0 spiro atoms. The Balaban J connectivity index is 1.88. The number of nitrogens with zero attached hydrogens (tertiary/aromatic N) is 2. The number of nitrogens with one attached hydrogen (secondary N) is 1. The molecular formula is C13H9Cl2N3Se. The van der Waals surface area contributed by atoms with E-state index in [1.165, 1.54) is 0 Å². The summed E-state index contributed by atoms with van der Waals surface area (Å²) in [6.45, 7) is 0.567. The summed E-state index contributed by atoms with van der Waals surface area (Å²) >= 11 is 12.3. The van der Waals surface area contributed by atoms with Crippen molar-refractivity contribution in [3.8, 4) is 0 Å². The van der Waals surface area contributed by atoms with Gasteiger partial charge in [-0.1, -0.05) is 0 Å². The van der Waals surface area contributed by atoms with Crippen molar-refractivity contribution in [2.75, 3.05) is 5.32 Å². The Kier molecular flexibility index (Phi) is 3.76. The van der Waals surface area contributed by atoms with Gasteiger partial charge in [-0.2, -0.15) is 0 Å². The van der Waals surface area contributed by atoms with E-state index in [0.29, 0.717) is 16.6 Å². The number of benzene rings is 2. The molecule has 3 nitrogen and oxygen atoms in total. The average Bonchev–Trinajstić information content (AvgIpc) is 2.87. The van der Waals surface area contributed by atoms with E-state index in [1.807, 2.05) is 36.4 Å². The molecule has 2 aromatic carbocycles. The second-order valence-electron chi connectivity index (χ2n) is 3.99. The first-order valence-electron chi connectivity index (χ1n) is 5.64. The first-order chi connectivity index (χ1) is 9.25. The quantitative estimate of drug-likeness (QED) is 0.728. The molecule has 0 bridgehead atoms. The van der Waals surface area contributed by atoms with E-state index in [4.69, 9.17) is 23.2 Å². The van der Waals surface area contributed by atoms with Gasteiger partial charge in [0.1, 0.15) is 0 Å². The van der Waals surface area contributed by atoms with Crippen LogP contribution in [0.1, 0.15) is 5.56 Å². The number of halogens is 2. The molecule has 19 heavy (non-hydrogen) atoms. The molecule has 3 aromatic rings. The number of fused-ring (bicyclic) bond motifs is 1. The van der Waals surface area contributed by atoms with Crippen LogP contribution in [0.25, 0.3) is 11.0 Å². The Bertz CT molecular complexity index is 706. The topological polar surface area (TPSA) is 37.8 Å². The van der Waals surface area contributed by atoms with Crippen LogP contribution in [0.5, 0.6) is 0 Å². The van der Waals surface area contributed by atoms with Crippen LogP contribution in [-0.4, -0.2) is 22.9 Å². The molecule has 0 saturated heterocycles. The van der Waals surface area contributed by atoms with Crippen molar-refractivity contribution < 1.29 is 0 Å². The molecular weight excluding hydrogens is 348 g/mol. The Morgan fingerprint density at radius 1 is 1.00 bits per heavy atom. The van der Waals surface area contributed by atoms with Crippen molar-refractivity contribution in [2.45, 2.75) is 6.54 Å². The van der Waals surface area contributed by atoms with Crippen LogP contribution in [0.2, 0.25) is 10.0 Å². The predicted octanol–water partition coefficient (Wildman–Crippen LogP) is 3.61. The van der Waals surface area contributed by atoms with Gasteiger partial charge in [0, 0.05) is 0 Å². The third kappa shape index (κ3) is 2.63. The van der Waals surface area contributed by atoms with E-state index >= 15 is 0 Å². The Morgan fingerprint density at radius 2 is 1.74 bits per heavy atom. The molecule has 0 radical (unpaired) electrons. The molecule has 1 aromatic heterocycles. The number of anilines is 1. The van der Waals surface area contributed by atoms with E-state index in [1.54, 1.807) is 0 Å². The summed E-state index contributed by atoms with van der Waals surface area (Å²) in [5.41, 5.74) is 3.75. The van der Waals surface area contributed by atoms with Crippen LogP contribution < -0.4 is 5.32 Å². The third-order valence-electron chi connectivity index (χ3n) is 2.80. The van der Waals surface area contributed by atoms with Gasteiger partial charge in [-0.05, 0) is 0 Å². The van der Waals surface area contributed by atoms with Gasteiger partial charge in [0.25, 0.3) is 0 Å². The zero-order valence-corrected chi connectivity index (χ0v) is 13.0. The fourth-order valence-electron chi connectivity index (χ4n) is 1.83. The Labute approximate surface area is 126 Å². The molecule has 0 saturated carbocycles. The SMILES string of the molecule is Clc1cccc(Cl)c1CNc1cccc2n[se]nc12. The van der Waals surface area contributed by atoms with Crippen LogP contribution in [-0.2, 0) is 6.54 Å². The minimum atomic E-state index is -0.0256. The van der Waals surface area contributed by atoms with Crippen molar-refractivity contribution >= 4 is 54.9 Å². The van der Waals surface area contributed by atoms with Crippen molar-refractivity contribution in [1.29, 1.82) is 0 Å². The van der Waals surface area contributed by atoms with Gasteiger partial charge in [-0.15, -0.1) is 0 Å². The van der Waals surface area contributed by atoms with Crippen molar-refractivity contribution in [3.05, 3.63) is 52.0 Å². The second-order valence-corrected chi connectivity index (χ2v) is 5.91. The van der Waals surface area contributed by atoms with Gasteiger partial charge < -0.3 is 0 Å². The summed E-state index contributed by atoms with van der Waals surface area (Å²) in [6.07, 6.45) is 0. The molecule has 0 aliphatic carbocycles. The van der Waals surface area contributed by atoms with E-state index in [9.17, 15) is 0 Å². The molecule has 0 aliphatic rings. The summed E-state index contributed by atoms with van der Waals surface area (Å²) in [7, 11) is 0. The van der Waals surface area contributed by atoms with Gasteiger partial charge in [0.2, 0.25) is 0 Å². The summed E-state index contributed by atoms with van der Waals surface area (Å²) in [5, 5.41) is 4.66. The first kappa shape index (κ1) is 12.9. The molecule has 0 fully saturated rings. The maximum atomic E-state index is 6.15. The van der Waals surface area contributed by atoms with Crippen LogP contribution in [0.3, 0.4) is 0 Å². The summed E-state index contributed by atoms with van der Waals surface area (Å²) in [5.74, 6) is 0. The molecule has 0 aliphatic heterocycles. The second kappa shape index (κ2) is 5.51. The molecule has 96 valence electrons. The average molecular weight is 357 g/mol. The summed E-state index contributed by atoms with van der Waals surface area (Å²) in [6, 6.07) is 11.4. The van der Waals surface area contributed by atoms with E-state index < -0.39 is 0 Å². The number of aromatic nitrogens is 2. The van der Waals surface area contributed by atoms with Gasteiger partial charge >= 0.3 is 127 Å². The van der Waals surface area contributed by atoms with Crippen molar-refractivity contribution in [1.82, 2.24) is 7.96 Å². The van der Waals surface area contributed by atoms with Crippen LogP contribution in [0.15, 0.2) is 36.4 Å². The molecule has 1 heterocycles. The number of rotatable bonds is 3. The molecule has 0 amide bonds. The first-order valence-corrected chi connectivity index (χ1v) is 7.92. The van der Waals surface area contributed by atoms with Crippen molar-refractivity contribution in [3.63, 3.8) is 0 Å². The van der Waals surface area contributed by atoms with Crippen LogP contribution in [0, 0.1) is 0 Å². The van der Waals surface area contributed by atoms with E-state index in [-0.39, 0.29) is 15.0 Å². The Hall–Kier alpha value is -1.06. The zero-order chi connectivity index (χ0) is 13.2. The van der Waals surface area contributed by atoms with Crippen molar-refractivity contribution in [2.24, 2.45) is 0 Å². The van der Waals surface area contributed by atoms with E-state index in [2.05, 4.69) is 13.3 Å². The number of hydrogen-bond acceptors (Lipinski definition) is 3. The normalized spacial score (nSPS) is 10.8. The molecule has 3 rings (SSSR count). The molecule has 0 atom stereocenters. The molecule has 0 unspecified atom stereocenters. The zero-order valence-electron chi connectivity index (χ0n) is 9.73.